The number of ether oxygens (including phenoxy) is 4. The van der Waals surface area contributed by atoms with E-state index in [4.69, 9.17) is 37.0 Å². The largest absolute Gasteiger partial charge is 0.472 e. The maximum atomic E-state index is 13.0. The van der Waals surface area contributed by atoms with Gasteiger partial charge in [0.05, 0.1) is 26.4 Å². The number of phosphoric acid groups is 2. The molecule has 6 atom stereocenters. The van der Waals surface area contributed by atoms with Crippen molar-refractivity contribution < 1.29 is 80.2 Å². The number of carbonyl (C=O) groups is 4. The quantitative estimate of drug-likeness (QED) is 0.0222. The summed E-state index contributed by atoms with van der Waals surface area (Å²) in [5, 5.41) is 10.5. The van der Waals surface area contributed by atoms with Gasteiger partial charge in [-0.05, 0) is 37.5 Å². The van der Waals surface area contributed by atoms with E-state index in [-0.39, 0.29) is 25.7 Å². The van der Waals surface area contributed by atoms with Gasteiger partial charge in [-0.3, -0.25) is 37.3 Å². The zero-order valence-electron chi connectivity index (χ0n) is 56.3. The molecule has 0 aromatic carbocycles. The van der Waals surface area contributed by atoms with Crippen LogP contribution in [0.3, 0.4) is 0 Å². The maximum absolute atomic E-state index is 13.0. The molecule has 3 N–H and O–H groups in total. The van der Waals surface area contributed by atoms with Crippen molar-refractivity contribution in [2.75, 3.05) is 39.6 Å². The minimum absolute atomic E-state index is 0.106. The molecule has 87 heavy (non-hydrogen) atoms. The highest BCUT2D eigenvalue weighted by molar-refractivity contribution is 7.47. The second kappa shape index (κ2) is 60.3. The van der Waals surface area contributed by atoms with Crippen LogP contribution < -0.4 is 0 Å². The Labute approximate surface area is 530 Å². The highest BCUT2D eigenvalue weighted by Crippen LogP contribution is 2.45. The molecule has 0 saturated heterocycles. The minimum Gasteiger partial charge on any atom is -0.462 e. The van der Waals surface area contributed by atoms with Crippen LogP contribution >= 0.6 is 15.6 Å². The van der Waals surface area contributed by atoms with Crippen LogP contribution in [-0.4, -0.2) is 96.7 Å². The Bertz CT molecular complexity index is 1700. The molecular weight excluding hydrogens is 1150 g/mol. The van der Waals surface area contributed by atoms with Crippen LogP contribution in [0.15, 0.2) is 0 Å². The van der Waals surface area contributed by atoms with Crippen molar-refractivity contribution in [3.63, 3.8) is 0 Å². The lowest BCUT2D eigenvalue weighted by Gasteiger charge is -2.21. The van der Waals surface area contributed by atoms with Gasteiger partial charge in [-0.25, -0.2) is 9.13 Å². The van der Waals surface area contributed by atoms with Gasteiger partial charge in [0, 0.05) is 25.7 Å². The smallest absolute Gasteiger partial charge is 0.462 e. The Hall–Kier alpha value is -1.94. The summed E-state index contributed by atoms with van der Waals surface area (Å²) in [6.07, 6.45) is 44.8. The lowest BCUT2D eigenvalue weighted by molar-refractivity contribution is -0.161. The van der Waals surface area contributed by atoms with Crippen LogP contribution in [0, 0.1) is 11.8 Å². The molecule has 0 aliphatic carbocycles. The molecule has 0 fully saturated rings. The molecule has 0 bridgehead atoms. The number of unbranched alkanes of at least 4 members (excludes halogenated alkanes) is 36. The van der Waals surface area contributed by atoms with E-state index in [1.807, 2.05) is 0 Å². The summed E-state index contributed by atoms with van der Waals surface area (Å²) in [5.41, 5.74) is 0. The van der Waals surface area contributed by atoms with Gasteiger partial charge in [-0.2, -0.15) is 0 Å². The van der Waals surface area contributed by atoms with Crippen LogP contribution in [0.25, 0.3) is 0 Å². The number of hydrogen-bond acceptors (Lipinski definition) is 15. The van der Waals surface area contributed by atoms with E-state index in [0.29, 0.717) is 25.7 Å². The average molecular weight is 1280 g/mol. The predicted octanol–water partition coefficient (Wildman–Crippen LogP) is 19.2. The van der Waals surface area contributed by atoms with Crippen LogP contribution in [0.5, 0.6) is 0 Å². The molecule has 3 unspecified atom stereocenters. The number of esters is 4. The van der Waals surface area contributed by atoms with Gasteiger partial charge in [0.1, 0.15) is 19.3 Å². The summed E-state index contributed by atoms with van der Waals surface area (Å²) in [5.74, 6) is -0.552. The summed E-state index contributed by atoms with van der Waals surface area (Å²) in [6, 6.07) is 0. The Morgan fingerprint density at radius 2 is 0.586 bits per heavy atom. The first kappa shape index (κ1) is 85.1. The van der Waals surface area contributed by atoms with Crippen molar-refractivity contribution >= 4 is 39.5 Å². The standard InChI is InChI=1S/C68H132O17P2/c1-7-10-12-14-15-16-23-27-34-40-46-52-67(72)84-63(56-78-65(70)50-44-36-13-11-8-2)58-82-86(74,75)80-54-62(69)55-81-87(76,77)83-59-64(57-79-66(71)51-45-39-33-30-29-32-38-43-49-61(6)9-3)85-68(73)53-47-41-35-28-25-22-20-18-17-19-21-24-26-31-37-42-48-60(4)5/h60-64,69H,7-59H2,1-6H3,(H,74,75)(H,76,77)/t61?,62-,63+,64+/m0/s1. The number of hydrogen-bond donors (Lipinski definition) is 3. The van der Waals surface area contributed by atoms with E-state index in [9.17, 15) is 43.2 Å². The third-order valence-electron chi connectivity index (χ3n) is 16.1. The lowest BCUT2D eigenvalue weighted by Crippen LogP contribution is -2.30. The molecule has 0 aromatic rings. The fraction of sp³-hybridized carbons (Fsp3) is 0.941. The molecule has 516 valence electrons. The van der Waals surface area contributed by atoms with E-state index in [1.165, 1.54) is 154 Å². The molecule has 0 spiro atoms. The fourth-order valence-electron chi connectivity index (χ4n) is 10.2. The Morgan fingerprint density at radius 3 is 0.874 bits per heavy atom. The molecule has 0 aromatic heterocycles. The number of aliphatic hydroxyl groups excluding tert-OH is 1. The van der Waals surface area contributed by atoms with E-state index in [1.54, 1.807) is 0 Å². The minimum atomic E-state index is -4.95. The monoisotopic (exact) mass is 1280 g/mol. The van der Waals surface area contributed by atoms with Crippen LogP contribution in [0.2, 0.25) is 0 Å². The highest BCUT2D eigenvalue weighted by Gasteiger charge is 2.30. The summed E-state index contributed by atoms with van der Waals surface area (Å²) >= 11 is 0. The van der Waals surface area contributed by atoms with E-state index in [2.05, 4.69) is 41.5 Å². The average Bonchev–Trinajstić information content (AvgIpc) is 3.71. The molecule has 0 radical (unpaired) electrons. The first-order chi connectivity index (χ1) is 41.9. The third-order valence-corrected chi connectivity index (χ3v) is 18.0. The molecule has 0 rings (SSSR count). The SMILES string of the molecule is CCCCCCCCCCCCCC(=O)O[C@H](COC(=O)CCCCCCC)COP(=O)(O)OC[C@H](O)COP(=O)(O)OC[C@@H](COC(=O)CCCCCCCCCCC(C)CC)OC(=O)CCCCCCCCCCCCCCCCCCC(C)C. The van der Waals surface area contributed by atoms with Gasteiger partial charge in [0.2, 0.25) is 0 Å². The van der Waals surface area contributed by atoms with Crippen molar-refractivity contribution in [3.05, 3.63) is 0 Å². The molecule has 0 amide bonds. The molecule has 17 nitrogen and oxygen atoms in total. The van der Waals surface area contributed by atoms with Crippen LogP contribution in [0.4, 0.5) is 0 Å². The Balaban J connectivity index is 5.14. The molecule has 0 saturated carbocycles. The molecule has 0 heterocycles. The van der Waals surface area contributed by atoms with Gasteiger partial charge < -0.3 is 33.8 Å². The Morgan fingerprint density at radius 1 is 0.333 bits per heavy atom. The van der Waals surface area contributed by atoms with Gasteiger partial charge in [-0.15, -0.1) is 0 Å². The lowest BCUT2D eigenvalue weighted by atomic mass is 9.99. The predicted molar refractivity (Wildman–Crippen MR) is 349 cm³/mol. The normalized spacial score (nSPS) is 14.5. The van der Waals surface area contributed by atoms with Crippen molar-refractivity contribution in [1.29, 1.82) is 0 Å². The number of phosphoric ester groups is 2. The molecule has 19 heteroatoms. The number of rotatable bonds is 67. The number of carbonyl (C=O) groups excluding carboxylic acids is 4. The van der Waals surface area contributed by atoms with Crippen LogP contribution in [0.1, 0.15) is 343 Å². The van der Waals surface area contributed by atoms with Crippen molar-refractivity contribution in [1.82, 2.24) is 0 Å². The fourth-order valence-corrected chi connectivity index (χ4v) is 11.8. The molecule has 0 aliphatic heterocycles. The van der Waals surface area contributed by atoms with Crippen molar-refractivity contribution in [2.45, 2.75) is 362 Å². The van der Waals surface area contributed by atoms with Gasteiger partial charge in [0.25, 0.3) is 0 Å². The second-order valence-electron chi connectivity index (χ2n) is 25.3. The van der Waals surface area contributed by atoms with Crippen LogP contribution in [-0.2, 0) is 65.4 Å². The highest BCUT2D eigenvalue weighted by atomic mass is 31.2. The summed E-state index contributed by atoms with van der Waals surface area (Å²) in [4.78, 5) is 72.1. The zero-order chi connectivity index (χ0) is 64.3. The summed E-state index contributed by atoms with van der Waals surface area (Å²) < 4.78 is 68.0. The zero-order valence-corrected chi connectivity index (χ0v) is 58.1. The van der Waals surface area contributed by atoms with E-state index >= 15 is 0 Å². The van der Waals surface area contributed by atoms with Crippen molar-refractivity contribution in [3.8, 4) is 0 Å². The summed E-state index contributed by atoms with van der Waals surface area (Å²) in [6.45, 7) is 9.47. The first-order valence-corrected chi connectivity index (χ1v) is 38.5. The second-order valence-corrected chi connectivity index (χ2v) is 28.2. The van der Waals surface area contributed by atoms with E-state index in [0.717, 1.165) is 108 Å². The topological polar surface area (TPSA) is 237 Å². The first-order valence-electron chi connectivity index (χ1n) is 35.5. The summed E-state index contributed by atoms with van der Waals surface area (Å²) in [7, 11) is -9.89. The molecule has 0 aliphatic rings. The number of aliphatic hydroxyl groups is 1. The maximum Gasteiger partial charge on any atom is 0.472 e. The van der Waals surface area contributed by atoms with Gasteiger partial charge >= 0.3 is 39.5 Å². The Kier molecular flexibility index (Phi) is 59.0. The van der Waals surface area contributed by atoms with Crippen molar-refractivity contribution in [2.24, 2.45) is 11.8 Å². The molecular formula is C68H132O17P2. The third kappa shape index (κ3) is 61.3. The van der Waals surface area contributed by atoms with Gasteiger partial charge in [-0.1, -0.05) is 292 Å². The van der Waals surface area contributed by atoms with Gasteiger partial charge in [0.15, 0.2) is 12.2 Å². The van der Waals surface area contributed by atoms with E-state index < -0.39 is 97.5 Å².